The molecule has 0 aliphatic carbocycles. The Labute approximate surface area is 174 Å². The minimum absolute atomic E-state index is 0.0290. The van der Waals surface area contributed by atoms with Gasteiger partial charge in [0.25, 0.3) is 5.91 Å². The third-order valence-electron chi connectivity index (χ3n) is 4.05. The number of nitrogens with one attached hydrogen (secondary N) is 2. The van der Waals surface area contributed by atoms with E-state index in [0.29, 0.717) is 6.54 Å². The molecule has 6 nitrogen and oxygen atoms in total. The molecule has 1 atom stereocenters. The number of amides is 2. The number of aliphatic hydroxyl groups is 1. The molecule has 0 fully saturated rings. The molecule has 0 saturated carbocycles. The minimum atomic E-state index is -0.876. The minimum Gasteiger partial charge on any atom is -0.484 e. The summed E-state index contributed by atoms with van der Waals surface area (Å²) in [7, 11) is 0. The predicted molar refractivity (Wildman–Crippen MR) is 108 cm³/mol. The van der Waals surface area contributed by atoms with E-state index >= 15 is 0 Å². The molecule has 1 unspecified atom stereocenters. The van der Waals surface area contributed by atoms with E-state index in [4.69, 9.17) is 16.3 Å². The van der Waals surface area contributed by atoms with Crippen LogP contribution in [0.5, 0.6) is 5.75 Å². The van der Waals surface area contributed by atoms with Gasteiger partial charge in [0.05, 0.1) is 17.5 Å². The normalized spacial score (nSPS) is 11.6. The number of carbonyl (C=O) groups excluding carboxylic acids is 2. The van der Waals surface area contributed by atoms with Crippen LogP contribution in [0.2, 0.25) is 5.02 Å². The molecule has 2 amide bonds. The first-order chi connectivity index (χ1) is 13.8. The summed E-state index contributed by atoms with van der Waals surface area (Å²) in [5, 5.41) is 15.2. The first-order valence-electron chi connectivity index (χ1n) is 9.18. The second-order valence-electron chi connectivity index (χ2n) is 6.63. The van der Waals surface area contributed by atoms with Gasteiger partial charge < -0.3 is 20.5 Å². The van der Waals surface area contributed by atoms with Crippen LogP contribution in [0.15, 0.2) is 42.5 Å². The van der Waals surface area contributed by atoms with Gasteiger partial charge in [-0.15, -0.1) is 0 Å². The van der Waals surface area contributed by atoms with Gasteiger partial charge in [-0.3, -0.25) is 9.59 Å². The largest absolute Gasteiger partial charge is 0.484 e. The summed E-state index contributed by atoms with van der Waals surface area (Å²) in [5.74, 6) is -1.13. The maximum absolute atomic E-state index is 13.3. The lowest BCUT2D eigenvalue weighted by atomic mass is 10.1. The molecule has 8 heteroatoms. The predicted octanol–water partition coefficient (Wildman–Crippen LogP) is 2.74. The molecule has 156 valence electrons. The Kier molecular flexibility index (Phi) is 8.89. The molecule has 0 aromatic heterocycles. The third kappa shape index (κ3) is 8.50. The molecule has 0 bridgehead atoms. The molecule has 2 aromatic rings. The molecule has 0 heterocycles. The van der Waals surface area contributed by atoms with Crippen molar-refractivity contribution in [2.75, 3.05) is 13.2 Å². The van der Waals surface area contributed by atoms with Crippen molar-refractivity contribution < 1.29 is 23.8 Å². The molecule has 0 radical (unpaired) electrons. The van der Waals surface area contributed by atoms with Crippen LogP contribution in [0.3, 0.4) is 0 Å². The molecule has 3 N–H and O–H groups in total. The molecule has 2 aromatic carbocycles. The summed E-state index contributed by atoms with van der Waals surface area (Å²) in [4.78, 5) is 23.6. The number of benzene rings is 2. The van der Waals surface area contributed by atoms with Crippen LogP contribution in [0.4, 0.5) is 4.39 Å². The van der Waals surface area contributed by atoms with Gasteiger partial charge in [0.2, 0.25) is 5.91 Å². The summed E-state index contributed by atoms with van der Waals surface area (Å²) < 4.78 is 18.5. The molecule has 29 heavy (non-hydrogen) atoms. The highest BCUT2D eigenvalue weighted by Gasteiger charge is 2.12. The number of hydrogen-bond acceptors (Lipinski definition) is 4. The molecule has 0 aliphatic rings. The van der Waals surface area contributed by atoms with Crippen molar-refractivity contribution in [3.8, 4) is 5.75 Å². The number of ether oxygens (including phenoxy) is 1. The fraction of sp³-hybridized carbons (Fsp3) is 0.333. The molecule has 0 saturated heterocycles. The average molecular weight is 423 g/mol. The standard InChI is InChI=1S/C21H24ClFN2O4/c1-14-3-2-4-15(9-14)12-25-20(27)10-16(26)7-8-24-21(28)13-29-17-5-6-18(22)19(23)11-17/h2-6,9,11,16,26H,7-8,10,12-13H2,1H3,(H,24,28)(H,25,27). The maximum Gasteiger partial charge on any atom is 0.257 e. The number of rotatable bonds is 10. The van der Waals surface area contributed by atoms with Gasteiger partial charge in [0.15, 0.2) is 6.61 Å². The zero-order valence-corrected chi connectivity index (χ0v) is 16.8. The highest BCUT2D eigenvalue weighted by atomic mass is 35.5. The van der Waals surface area contributed by atoms with Crippen molar-refractivity contribution >= 4 is 23.4 Å². The Balaban J connectivity index is 1.60. The van der Waals surface area contributed by atoms with E-state index in [9.17, 15) is 19.1 Å². The number of halogens is 2. The van der Waals surface area contributed by atoms with Crippen molar-refractivity contribution in [2.45, 2.75) is 32.4 Å². The molecule has 0 spiro atoms. The van der Waals surface area contributed by atoms with Crippen LogP contribution < -0.4 is 15.4 Å². The van der Waals surface area contributed by atoms with Gasteiger partial charge in [-0.25, -0.2) is 4.39 Å². The summed E-state index contributed by atoms with van der Waals surface area (Å²) in [5.41, 5.74) is 2.10. The Morgan fingerprint density at radius 1 is 1.17 bits per heavy atom. The zero-order chi connectivity index (χ0) is 21.2. The summed E-state index contributed by atoms with van der Waals surface area (Å²) in [6, 6.07) is 11.7. The Morgan fingerprint density at radius 3 is 2.69 bits per heavy atom. The van der Waals surface area contributed by atoms with Crippen LogP contribution in [-0.2, 0) is 16.1 Å². The van der Waals surface area contributed by atoms with Gasteiger partial charge >= 0.3 is 0 Å². The van der Waals surface area contributed by atoms with Crippen molar-refractivity contribution in [2.24, 2.45) is 0 Å². The smallest absolute Gasteiger partial charge is 0.257 e. The summed E-state index contributed by atoms with van der Waals surface area (Å²) >= 11 is 5.57. The SMILES string of the molecule is Cc1cccc(CNC(=O)CC(O)CCNC(=O)COc2ccc(Cl)c(F)c2)c1. The van der Waals surface area contributed by atoms with Gasteiger partial charge in [0, 0.05) is 19.2 Å². The van der Waals surface area contributed by atoms with Gasteiger partial charge in [-0.05, 0) is 31.0 Å². The first-order valence-corrected chi connectivity index (χ1v) is 9.56. The highest BCUT2D eigenvalue weighted by Crippen LogP contribution is 2.20. The van der Waals surface area contributed by atoms with E-state index in [1.54, 1.807) is 0 Å². The van der Waals surface area contributed by atoms with Crippen LogP contribution in [0.1, 0.15) is 24.0 Å². The quantitative estimate of drug-likeness (QED) is 0.549. The molecule has 0 aliphatic heterocycles. The molecule has 2 rings (SSSR count). The summed E-state index contributed by atoms with van der Waals surface area (Å²) in [6.45, 7) is 2.26. The number of aliphatic hydroxyl groups excluding tert-OH is 1. The lowest BCUT2D eigenvalue weighted by Crippen LogP contribution is -2.33. The number of hydrogen-bond donors (Lipinski definition) is 3. The fourth-order valence-electron chi connectivity index (χ4n) is 2.56. The average Bonchev–Trinajstić information content (AvgIpc) is 2.67. The van der Waals surface area contributed by atoms with Crippen molar-refractivity contribution in [1.82, 2.24) is 10.6 Å². The van der Waals surface area contributed by atoms with Gasteiger partial charge in [-0.1, -0.05) is 41.4 Å². The van der Waals surface area contributed by atoms with E-state index in [2.05, 4.69) is 10.6 Å². The van der Waals surface area contributed by atoms with Crippen molar-refractivity contribution in [1.29, 1.82) is 0 Å². The number of aryl methyl sites for hydroxylation is 1. The Hall–Kier alpha value is -2.64. The van der Waals surface area contributed by atoms with Crippen LogP contribution >= 0.6 is 11.6 Å². The Morgan fingerprint density at radius 2 is 1.97 bits per heavy atom. The second kappa shape index (κ2) is 11.4. The van der Waals surface area contributed by atoms with E-state index in [1.165, 1.54) is 12.1 Å². The monoisotopic (exact) mass is 422 g/mol. The van der Waals surface area contributed by atoms with Crippen LogP contribution in [-0.4, -0.2) is 36.2 Å². The van der Waals surface area contributed by atoms with Gasteiger partial charge in [-0.2, -0.15) is 0 Å². The van der Waals surface area contributed by atoms with E-state index in [1.807, 2.05) is 31.2 Å². The topological polar surface area (TPSA) is 87.7 Å². The summed E-state index contributed by atoms with van der Waals surface area (Å²) in [6.07, 6.45) is -0.708. The highest BCUT2D eigenvalue weighted by molar-refractivity contribution is 6.30. The Bertz CT molecular complexity index is 847. The fourth-order valence-corrected chi connectivity index (χ4v) is 2.67. The van der Waals surface area contributed by atoms with E-state index in [-0.39, 0.29) is 42.7 Å². The van der Waals surface area contributed by atoms with Crippen LogP contribution in [0, 0.1) is 12.7 Å². The van der Waals surface area contributed by atoms with Crippen molar-refractivity contribution in [3.05, 3.63) is 64.4 Å². The van der Waals surface area contributed by atoms with E-state index < -0.39 is 17.8 Å². The second-order valence-corrected chi connectivity index (χ2v) is 7.03. The number of carbonyl (C=O) groups is 2. The molecular weight excluding hydrogens is 399 g/mol. The van der Waals surface area contributed by atoms with Crippen molar-refractivity contribution in [3.63, 3.8) is 0 Å². The van der Waals surface area contributed by atoms with Gasteiger partial charge in [0.1, 0.15) is 11.6 Å². The van der Waals surface area contributed by atoms with E-state index in [0.717, 1.165) is 17.2 Å². The lowest BCUT2D eigenvalue weighted by molar-refractivity contribution is -0.123. The molecular formula is C21H24ClFN2O4. The zero-order valence-electron chi connectivity index (χ0n) is 16.1. The third-order valence-corrected chi connectivity index (χ3v) is 4.36. The maximum atomic E-state index is 13.3. The first kappa shape index (κ1) is 22.6. The van der Waals surface area contributed by atoms with Crippen LogP contribution in [0.25, 0.3) is 0 Å². The lowest BCUT2D eigenvalue weighted by Gasteiger charge is -2.12.